The predicted octanol–water partition coefficient (Wildman–Crippen LogP) is 8.59. The first-order valence-corrected chi connectivity index (χ1v) is 14.9. The molecule has 0 aliphatic carbocycles. The monoisotopic (exact) mass is 581 g/mol. The summed E-state index contributed by atoms with van der Waals surface area (Å²) in [4.78, 5) is 16.6. The molecule has 39 heavy (non-hydrogen) atoms. The first kappa shape index (κ1) is 29.4. The van der Waals surface area contributed by atoms with Crippen molar-refractivity contribution in [1.29, 1.82) is 0 Å². The molecular weight excluding hydrogens is 549 g/mol. The highest BCUT2D eigenvalue weighted by atomic mass is 35.5. The van der Waals surface area contributed by atoms with Gasteiger partial charge in [0, 0.05) is 26.4 Å². The summed E-state index contributed by atoms with van der Waals surface area (Å²) in [5, 5.41) is 22.2. The lowest BCUT2D eigenvalue weighted by Crippen LogP contribution is -2.19. The van der Waals surface area contributed by atoms with E-state index in [9.17, 15) is 15.0 Å². The van der Waals surface area contributed by atoms with Gasteiger partial charge in [-0.05, 0) is 98.7 Å². The predicted molar refractivity (Wildman–Crippen MR) is 163 cm³/mol. The number of fused-ring (bicyclic) bond motifs is 1. The number of carboxylic acids is 1. The third kappa shape index (κ3) is 8.71. The van der Waals surface area contributed by atoms with Gasteiger partial charge in [-0.15, -0.1) is 0 Å². The fourth-order valence-electron chi connectivity index (χ4n) is 4.54. The number of halogens is 2. The Labute approximate surface area is 244 Å². The molecule has 4 rings (SSSR count). The van der Waals surface area contributed by atoms with Crippen LogP contribution in [0.2, 0.25) is 10.0 Å². The van der Waals surface area contributed by atoms with E-state index < -0.39 is 11.6 Å². The molecule has 0 amide bonds. The van der Waals surface area contributed by atoms with Crippen molar-refractivity contribution in [2.75, 3.05) is 5.75 Å². The second kappa shape index (κ2) is 13.2. The largest absolute Gasteiger partial charge is 0.478 e. The quantitative estimate of drug-likeness (QED) is 0.175. The van der Waals surface area contributed by atoms with Gasteiger partial charge in [0.05, 0.1) is 16.7 Å². The lowest BCUT2D eigenvalue weighted by Gasteiger charge is -2.22. The number of aryl methyl sites for hydroxylation is 3. The first-order valence-electron chi connectivity index (χ1n) is 13.1. The zero-order valence-electron chi connectivity index (χ0n) is 22.2. The highest BCUT2D eigenvalue weighted by Gasteiger charge is 2.19. The van der Waals surface area contributed by atoms with Crippen molar-refractivity contribution in [3.63, 3.8) is 0 Å². The number of hydrogen-bond acceptors (Lipinski definition) is 4. The van der Waals surface area contributed by atoms with Crippen LogP contribution in [0.15, 0.2) is 72.8 Å². The van der Waals surface area contributed by atoms with Crippen molar-refractivity contribution in [2.24, 2.45) is 0 Å². The number of carbonyl (C=O) groups is 1. The molecule has 4 aromatic rings. The first-order chi connectivity index (χ1) is 18.6. The summed E-state index contributed by atoms with van der Waals surface area (Å²) >= 11 is 14.0. The van der Waals surface area contributed by atoms with Crippen LogP contribution in [0.4, 0.5) is 0 Å². The molecule has 1 atom stereocenters. The highest BCUT2D eigenvalue weighted by Crippen LogP contribution is 2.36. The Hall–Kier alpha value is -2.57. The maximum absolute atomic E-state index is 11.8. The van der Waals surface area contributed by atoms with Crippen LogP contribution in [-0.4, -0.2) is 32.5 Å². The molecule has 0 spiro atoms. The molecule has 2 N–H and O–H groups in total. The molecule has 7 heteroatoms. The molecule has 0 aliphatic heterocycles. The third-order valence-corrected chi connectivity index (χ3v) is 8.54. The average Bonchev–Trinajstić information content (AvgIpc) is 2.89. The van der Waals surface area contributed by atoms with Crippen molar-refractivity contribution in [2.45, 2.75) is 56.8 Å². The summed E-state index contributed by atoms with van der Waals surface area (Å²) in [5.41, 5.74) is 4.65. The average molecular weight is 583 g/mol. The molecule has 3 aromatic carbocycles. The Kier molecular flexibility index (Phi) is 9.95. The van der Waals surface area contributed by atoms with Crippen molar-refractivity contribution in [3.8, 4) is 0 Å². The number of aliphatic hydroxyl groups is 1. The number of nitrogens with zero attached hydrogens (tertiary/aromatic N) is 1. The molecule has 0 saturated carbocycles. The van der Waals surface area contributed by atoms with Crippen LogP contribution >= 0.6 is 35.0 Å². The molecule has 1 heterocycles. The van der Waals surface area contributed by atoms with Gasteiger partial charge in [-0.1, -0.05) is 65.7 Å². The van der Waals surface area contributed by atoms with E-state index in [0.717, 1.165) is 47.2 Å². The second-order valence-corrected chi connectivity index (χ2v) is 12.6. The SMILES string of the molecule is CC(C)(O)CCS[C@@H](CCc1ccc(Cl)cc1C(=O)O)c1cccc(CCc2ccc3ccc(Cl)cc3n2)c1. The number of benzene rings is 3. The Balaban J connectivity index is 1.50. The Morgan fingerprint density at radius 3 is 2.46 bits per heavy atom. The van der Waals surface area contributed by atoms with Crippen molar-refractivity contribution < 1.29 is 15.0 Å². The molecule has 0 radical (unpaired) electrons. The van der Waals surface area contributed by atoms with Gasteiger partial charge >= 0.3 is 5.97 Å². The Bertz CT molecular complexity index is 1450. The number of pyridine rings is 1. The van der Waals surface area contributed by atoms with E-state index in [1.165, 1.54) is 17.2 Å². The van der Waals surface area contributed by atoms with Gasteiger partial charge < -0.3 is 10.2 Å². The van der Waals surface area contributed by atoms with E-state index >= 15 is 0 Å². The Morgan fingerprint density at radius 1 is 0.949 bits per heavy atom. The zero-order valence-corrected chi connectivity index (χ0v) is 24.5. The van der Waals surface area contributed by atoms with E-state index in [1.54, 1.807) is 17.8 Å². The van der Waals surface area contributed by atoms with Crippen LogP contribution in [-0.2, 0) is 19.3 Å². The summed E-state index contributed by atoms with van der Waals surface area (Å²) in [5.74, 6) is -0.167. The normalized spacial score (nSPS) is 12.5. The standard InChI is InChI=1S/C32H33Cl2NO3S/c1-32(2,38)16-17-39-30(15-10-22-7-11-25(33)19-28(22)31(36)37)24-5-3-4-21(18-24)6-13-27-14-9-23-8-12-26(34)20-29(23)35-27/h3-5,7-9,11-12,14,18-20,30,38H,6,10,13,15-17H2,1-2H3,(H,36,37)/t30-/m0/s1. The van der Waals surface area contributed by atoms with Gasteiger partial charge in [0.1, 0.15) is 0 Å². The van der Waals surface area contributed by atoms with Gasteiger partial charge in [0.2, 0.25) is 0 Å². The zero-order chi connectivity index (χ0) is 28.0. The minimum absolute atomic E-state index is 0.158. The summed E-state index contributed by atoms with van der Waals surface area (Å²) in [6.07, 6.45) is 3.73. The van der Waals surface area contributed by atoms with Gasteiger partial charge in [-0.2, -0.15) is 11.8 Å². The Morgan fingerprint density at radius 2 is 1.69 bits per heavy atom. The number of carboxylic acid groups (broad SMARTS) is 1. The smallest absolute Gasteiger partial charge is 0.336 e. The molecule has 0 bridgehead atoms. The number of hydrogen-bond donors (Lipinski definition) is 2. The molecule has 0 fully saturated rings. The molecule has 0 aliphatic rings. The molecular formula is C32H33Cl2NO3S. The number of rotatable bonds is 12. The van der Waals surface area contributed by atoms with Crippen molar-refractivity contribution >= 4 is 51.8 Å². The summed E-state index contributed by atoms with van der Waals surface area (Å²) < 4.78 is 0. The van der Waals surface area contributed by atoms with Crippen LogP contribution in [0.25, 0.3) is 10.9 Å². The van der Waals surface area contributed by atoms with Crippen molar-refractivity contribution in [3.05, 3.63) is 111 Å². The molecule has 4 nitrogen and oxygen atoms in total. The van der Waals surface area contributed by atoms with Crippen molar-refractivity contribution in [1.82, 2.24) is 4.98 Å². The van der Waals surface area contributed by atoms with Crippen LogP contribution in [0.1, 0.15) is 64.7 Å². The maximum Gasteiger partial charge on any atom is 0.336 e. The van der Waals surface area contributed by atoms with E-state index in [0.29, 0.717) is 22.9 Å². The molecule has 204 valence electrons. The topological polar surface area (TPSA) is 70.4 Å². The lowest BCUT2D eigenvalue weighted by atomic mass is 9.97. The van der Waals surface area contributed by atoms with E-state index in [4.69, 9.17) is 28.2 Å². The van der Waals surface area contributed by atoms with Crippen LogP contribution < -0.4 is 0 Å². The number of thioether (sulfide) groups is 1. The minimum atomic E-state index is -0.967. The van der Waals surface area contributed by atoms with Gasteiger partial charge in [-0.3, -0.25) is 4.98 Å². The fourth-order valence-corrected chi connectivity index (χ4v) is 6.41. The van der Waals surface area contributed by atoms with Gasteiger partial charge in [0.25, 0.3) is 0 Å². The summed E-state index contributed by atoms with van der Waals surface area (Å²) in [6, 6.07) is 23.6. The van der Waals surface area contributed by atoms with Crippen LogP contribution in [0, 0.1) is 0 Å². The number of aromatic nitrogens is 1. The summed E-state index contributed by atoms with van der Waals surface area (Å²) in [7, 11) is 0. The van der Waals surface area contributed by atoms with E-state index in [2.05, 4.69) is 36.4 Å². The van der Waals surface area contributed by atoms with Gasteiger partial charge in [-0.25, -0.2) is 4.79 Å². The van der Waals surface area contributed by atoms with E-state index in [1.807, 2.05) is 38.1 Å². The number of aromatic carboxylic acids is 1. The highest BCUT2D eigenvalue weighted by molar-refractivity contribution is 7.99. The second-order valence-electron chi connectivity index (χ2n) is 10.5. The lowest BCUT2D eigenvalue weighted by molar-refractivity contribution is 0.0694. The molecule has 1 aromatic heterocycles. The fraction of sp³-hybridized carbons (Fsp3) is 0.312. The van der Waals surface area contributed by atoms with E-state index in [-0.39, 0.29) is 10.8 Å². The molecule has 0 saturated heterocycles. The van der Waals surface area contributed by atoms with Gasteiger partial charge in [0.15, 0.2) is 0 Å². The molecule has 0 unspecified atom stereocenters. The maximum atomic E-state index is 11.8. The van der Waals surface area contributed by atoms with Crippen LogP contribution in [0.3, 0.4) is 0 Å². The minimum Gasteiger partial charge on any atom is -0.478 e. The third-order valence-electron chi connectivity index (χ3n) is 6.72. The van der Waals surface area contributed by atoms with Crippen LogP contribution in [0.5, 0.6) is 0 Å². The summed E-state index contributed by atoms with van der Waals surface area (Å²) in [6.45, 7) is 3.65.